The molecule has 0 spiro atoms. The van der Waals surface area contributed by atoms with Crippen molar-refractivity contribution in [2.24, 2.45) is 0 Å². The van der Waals surface area contributed by atoms with E-state index in [4.69, 9.17) is 18.3 Å². The van der Waals surface area contributed by atoms with E-state index in [1.54, 1.807) is 42.5 Å². The first-order valence-electron chi connectivity index (χ1n) is 12.2. The van der Waals surface area contributed by atoms with Crippen LogP contribution in [0.5, 0.6) is 40.2 Å². The molecule has 0 radical (unpaired) electrons. The minimum Gasteiger partial charge on any atom is -0.508 e. The highest BCUT2D eigenvalue weighted by atomic mass is 16.5. The SMILES string of the molecule is COc1ccc(-c2cc(=O)c3c(O)cc(O)cc3o2)cc1Oc1ccc(-c2cc(=O)c3c(O)cc(O)cc3o2)cc1. The van der Waals surface area contributed by atoms with E-state index in [-0.39, 0.29) is 56.5 Å². The second kappa shape index (κ2) is 9.69. The van der Waals surface area contributed by atoms with Crippen LogP contribution in [-0.4, -0.2) is 27.5 Å². The monoisotopic (exact) mass is 552 g/mol. The number of phenols is 4. The molecule has 4 aromatic carbocycles. The topological polar surface area (TPSA) is 160 Å². The number of benzene rings is 4. The third-order valence-electron chi connectivity index (χ3n) is 6.40. The largest absolute Gasteiger partial charge is 0.508 e. The molecule has 6 aromatic rings. The highest BCUT2D eigenvalue weighted by molar-refractivity contribution is 5.87. The third kappa shape index (κ3) is 4.63. The van der Waals surface area contributed by atoms with E-state index in [9.17, 15) is 30.0 Å². The number of fused-ring (bicyclic) bond motifs is 2. The van der Waals surface area contributed by atoms with E-state index in [0.717, 1.165) is 12.1 Å². The van der Waals surface area contributed by atoms with Crippen LogP contribution in [0.25, 0.3) is 44.6 Å². The first-order valence-corrected chi connectivity index (χ1v) is 12.2. The van der Waals surface area contributed by atoms with Crippen molar-refractivity contribution in [3.05, 3.63) is 99.3 Å². The van der Waals surface area contributed by atoms with Gasteiger partial charge in [0.15, 0.2) is 22.4 Å². The van der Waals surface area contributed by atoms with Gasteiger partial charge in [0.05, 0.1) is 7.11 Å². The summed E-state index contributed by atoms with van der Waals surface area (Å²) in [5.74, 6) is 0.268. The van der Waals surface area contributed by atoms with E-state index in [1.807, 2.05) is 0 Å². The van der Waals surface area contributed by atoms with Crippen molar-refractivity contribution in [1.29, 1.82) is 0 Å². The maximum absolute atomic E-state index is 12.7. The van der Waals surface area contributed by atoms with Crippen LogP contribution in [0.3, 0.4) is 0 Å². The van der Waals surface area contributed by atoms with Crippen molar-refractivity contribution in [2.75, 3.05) is 7.11 Å². The van der Waals surface area contributed by atoms with Crippen LogP contribution in [0.15, 0.2) is 97.3 Å². The molecule has 0 unspecified atom stereocenters. The van der Waals surface area contributed by atoms with Crippen molar-refractivity contribution < 1.29 is 38.7 Å². The highest BCUT2D eigenvalue weighted by Gasteiger charge is 2.16. The van der Waals surface area contributed by atoms with Crippen LogP contribution in [0.2, 0.25) is 0 Å². The summed E-state index contributed by atoms with van der Waals surface area (Å²) < 4.78 is 23.0. The lowest BCUT2D eigenvalue weighted by molar-refractivity contribution is 0.379. The number of rotatable bonds is 5. The lowest BCUT2D eigenvalue weighted by Gasteiger charge is -2.13. The maximum Gasteiger partial charge on any atom is 0.197 e. The summed E-state index contributed by atoms with van der Waals surface area (Å²) in [5, 5.41) is 39.5. The van der Waals surface area contributed by atoms with Gasteiger partial charge in [-0.3, -0.25) is 9.59 Å². The zero-order valence-corrected chi connectivity index (χ0v) is 21.2. The van der Waals surface area contributed by atoms with Crippen molar-refractivity contribution in [2.45, 2.75) is 0 Å². The molecular formula is C31H20O10. The Balaban J connectivity index is 1.33. The van der Waals surface area contributed by atoms with E-state index in [0.29, 0.717) is 28.4 Å². The van der Waals surface area contributed by atoms with Crippen molar-refractivity contribution >= 4 is 21.9 Å². The van der Waals surface area contributed by atoms with Crippen LogP contribution in [0.4, 0.5) is 0 Å². The molecule has 10 heteroatoms. The zero-order chi connectivity index (χ0) is 28.8. The van der Waals surface area contributed by atoms with E-state index in [1.165, 1.54) is 31.4 Å². The highest BCUT2D eigenvalue weighted by Crippen LogP contribution is 2.38. The lowest BCUT2D eigenvalue weighted by atomic mass is 10.1. The van der Waals surface area contributed by atoms with E-state index >= 15 is 0 Å². The molecule has 0 bridgehead atoms. The van der Waals surface area contributed by atoms with Gasteiger partial charge in [-0.25, -0.2) is 0 Å². The second-order valence-electron chi connectivity index (χ2n) is 9.12. The Labute approximate surface area is 230 Å². The number of hydrogen-bond acceptors (Lipinski definition) is 10. The molecule has 0 saturated heterocycles. The first-order chi connectivity index (χ1) is 19.7. The second-order valence-corrected chi connectivity index (χ2v) is 9.12. The minimum atomic E-state index is -0.488. The predicted molar refractivity (Wildman–Crippen MR) is 149 cm³/mol. The molecule has 0 saturated carbocycles. The van der Waals surface area contributed by atoms with Gasteiger partial charge in [-0.2, -0.15) is 0 Å². The summed E-state index contributed by atoms with van der Waals surface area (Å²) in [6.45, 7) is 0. The Bertz CT molecular complexity index is 2090. The first kappa shape index (κ1) is 25.4. The summed E-state index contributed by atoms with van der Waals surface area (Å²) in [6.07, 6.45) is 0. The predicted octanol–water partition coefficient (Wildman–Crippen LogP) is 5.86. The molecule has 0 amide bonds. The Morgan fingerprint density at radius 1 is 0.585 bits per heavy atom. The number of methoxy groups -OCH3 is 1. The molecule has 41 heavy (non-hydrogen) atoms. The summed E-state index contributed by atoms with van der Waals surface area (Å²) in [5.41, 5.74) is 0.125. The van der Waals surface area contributed by atoms with Gasteiger partial charge < -0.3 is 38.7 Å². The Hall–Kier alpha value is -5.90. The average Bonchev–Trinajstić information content (AvgIpc) is 2.92. The zero-order valence-electron chi connectivity index (χ0n) is 21.2. The van der Waals surface area contributed by atoms with E-state index in [2.05, 4.69) is 0 Å². The van der Waals surface area contributed by atoms with Crippen LogP contribution in [0, 0.1) is 0 Å². The maximum atomic E-state index is 12.7. The van der Waals surface area contributed by atoms with Crippen molar-refractivity contribution in [3.8, 4) is 62.9 Å². The van der Waals surface area contributed by atoms with Crippen LogP contribution in [-0.2, 0) is 0 Å². The molecule has 0 aliphatic rings. The fraction of sp³-hybridized carbons (Fsp3) is 0.0323. The minimum absolute atomic E-state index is 0.0182. The van der Waals surface area contributed by atoms with Crippen molar-refractivity contribution in [1.82, 2.24) is 0 Å². The average molecular weight is 552 g/mol. The number of phenolic OH excluding ortho intramolecular Hbond substituents is 4. The summed E-state index contributed by atoms with van der Waals surface area (Å²) in [4.78, 5) is 25.2. The summed E-state index contributed by atoms with van der Waals surface area (Å²) in [6, 6.07) is 18.6. The molecule has 0 fully saturated rings. The lowest BCUT2D eigenvalue weighted by Crippen LogP contribution is -2.01. The Kier molecular flexibility index (Phi) is 6.00. The summed E-state index contributed by atoms with van der Waals surface area (Å²) >= 11 is 0. The molecule has 6 rings (SSSR count). The molecule has 4 N–H and O–H groups in total. The van der Waals surface area contributed by atoms with Crippen LogP contribution >= 0.6 is 0 Å². The van der Waals surface area contributed by atoms with Gasteiger partial charge in [-0.1, -0.05) is 0 Å². The summed E-state index contributed by atoms with van der Waals surface area (Å²) in [7, 11) is 1.48. The molecule has 2 aromatic heterocycles. The van der Waals surface area contributed by atoms with Crippen LogP contribution in [0.1, 0.15) is 0 Å². The van der Waals surface area contributed by atoms with Gasteiger partial charge in [0.2, 0.25) is 0 Å². The van der Waals surface area contributed by atoms with Gasteiger partial charge in [0.1, 0.15) is 62.2 Å². The van der Waals surface area contributed by atoms with Gasteiger partial charge >= 0.3 is 0 Å². The van der Waals surface area contributed by atoms with Gasteiger partial charge in [-0.15, -0.1) is 0 Å². The smallest absolute Gasteiger partial charge is 0.197 e. The number of ether oxygens (including phenoxy) is 2. The number of aromatic hydroxyl groups is 4. The molecule has 204 valence electrons. The fourth-order valence-electron chi connectivity index (χ4n) is 4.52. The van der Waals surface area contributed by atoms with Crippen molar-refractivity contribution in [3.63, 3.8) is 0 Å². The fourth-order valence-corrected chi connectivity index (χ4v) is 4.52. The van der Waals surface area contributed by atoms with Gasteiger partial charge in [0, 0.05) is 47.5 Å². The molecule has 10 nitrogen and oxygen atoms in total. The quantitative estimate of drug-likeness (QED) is 0.204. The normalized spacial score (nSPS) is 11.1. The Morgan fingerprint density at radius 3 is 1.63 bits per heavy atom. The van der Waals surface area contributed by atoms with Gasteiger partial charge in [-0.05, 0) is 42.5 Å². The molecule has 2 heterocycles. The van der Waals surface area contributed by atoms with Gasteiger partial charge in [0.25, 0.3) is 0 Å². The standard InChI is InChI=1S/C31H20O10/c1-38-24-7-4-16(26-14-23(37)31-21(35)10-18(33)12-29(31)41-26)8-27(24)39-19-5-2-15(3-6-19)25-13-22(36)30-20(34)9-17(32)11-28(30)40-25/h2-14,32-35H,1H3. The molecule has 0 aliphatic carbocycles. The van der Waals surface area contributed by atoms with E-state index < -0.39 is 10.9 Å². The van der Waals surface area contributed by atoms with Crippen LogP contribution < -0.4 is 20.3 Å². The third-order valence-corrected chi connectivity index (χ3v) is 6.40. The molecule has 0 atom stereocenters. The molecular weight excluding hydrogens is 532 g/mol. The molecule has 0 aliphatic heterocycles. The number of hydrogen-bond donors (Lipinski definition) is 4. The Morgan fingerprint density at radius 2 is 1.10 bits per heavy atom.